The molecule has 2 rings (SSSR count). The lowest BCUT2D eigenvalue weighted by Crippen LogP contribution is -2.17. The van der Waals surface area contributed by atoms with Gasteiger partial charge in [0.15, 0.2) is 0 Å². The molecule has 0 radical (unpaired) electrons. The average Bonchev–Trinajstić information content (AvgIpc) is 2.38. The predicted molar refractivity (Wildman–Crippen MR) is 76.0 cm³/mol. The van der Waals surface area contributed by atoms with E-state index in [2.05, 4.69) is 5.32 Å². The van der Waals surface area contributed by atoms with Crippen LogP contribution in [0.2, 0.25) is 0 Å². The quantitative estimate of drug-likeness (QED) is 0.802. The van der Waals surface area contributed by atoms with Crippen LogP contribution in [0.25, 0.3) is 10.8 Å². The largest absolute Gasteiger partial charge is 0.507 e. The Hall–Kier alpha value is -2.56. The molecule has 0 aromatic heterocycles. The molecule has 0 aliphatic rings. The van der Waals surface area contributed by atoms with Crippen molar-refractivity contribution in [3.8, 4) is 5.75 Å². The maximum atomic E-state index is 11.8. The second kappa shape index (κ2) is 5.21. The van der Waals surface area contributed by atoms with Crippen molar-refractivity contribution in [3.05, 3.63) is 35.9 Å². The molecule has 0 atom stereocenters. The zero-order valence-corrected chi connectivity index (χ0v) is 11.2. The molecule has 0 saturated heterocycles. The van der Waals surface area contributed by atoms with Crippen LogP contribution in [-0.2, 0) is 4.79 Å². The zero-order valence-electron chi connectivity index (χ0n) is 11.2. The minimum absolute atomic E-state index is 0.00216. The van der Waals surface area contributed by atoms with Gasteiger partial charge < -0.3 is 15.5 Å². The van der Waals surface area contributed by atoms with Crippen LogP contribution in [0.3, 0.4) is 0 Å². The first kappa shape index (κ1) is 13.9. The number of aromatic hydroxyl groups is 1. The van der Waals surface area contributed by atoms with Crippen LogP contribution >= 0.6 is 0 Å². The van der Waals surface area contributed by atoms with Crippen LogP contribution in [0.5, 0.6) is 5.75 Å². The summed E-state index contributed by atoms with van der Waals surface area (Å²) in [5.74, 6) is -1.64. The number of carbonyl (C=O) groups excluding carboxylic acids is 1. The van der Waals surface area contributed by atoms with E-state index in [1.807, 2.05) is 0 Å². The molecule has 0 aliphatic carbocycles. The molecule has 0 heterocycles. The number of amides is 1. The highest BCUT2D eigenvalue weighted by Gasteiger charge is 2.14. The number of carboxylic acids is 1. The molecule has 2 aromatic carbocycles. The Balaban J connectivity index is 2.58. The third-order valence-corrected chi connectivity index (χ3v) is 2.99. The van der Waals surface area contributed by atoms with E-state index in [1.165, 1.54) is 12.1 Å². The Bertz CT molecular complexity index is 692. The van der Waals surface area contributed by atoms with Gasteiger partial charge >= 0.3 is 5.97 Å². The molecule has 0 unspecified atom stereocenters. The molecule has 0 bridgehead atoms. The smallest absolute Gasteiger partial charge is 0.335 e. The van der Waals surface area contributed by atoms with Gasteiger partial charge in [0.2, 0.25) is 5.91 Å². The molecule has 5 heteroatoms. The van der Waals surface area contributed by atoms with E-state index in [4.69, 9.17) is 5.11 Å². The standard InChI is InChI=1S/C15H15NO4/c1-8(2)14(18)16-11-5-3-4-9-6-10(15(19)20)7-12(17)13(9)11/h3-8,17H,1-2H3,(H,16,18)(H,19,20). The summed E-state index contributed by atoms with van der Waals surface area (Å²) < 4.78 is 0. The Kier molecular flexibility index (Phi) is 3.61. The van der Waals surface area contributed by atoms with Crippen LogP contribution < -0.4 is 5.32 Å². The van der Waals surface area contributed by atoms with Crippen LogP contribution in [0, 0.1) is 5.92 Å². The lowest BCUT2D eigenvalue weighted by molar-refractivity contribution is -0.118. The number of fused-ring (bicyclic) bond motifs is 1. The number of nitrogens with one attached hydrogen (secondary N) is 1. The van der Waals surface area contributed by atoms with Gasteiger partial charge in [-0.2, -0.15) is 0 Å². The average molecular weight is 273 g/mol. The van der Waals surface area contributed by atoms with Crippen molar-refractivity contribution in [2.75, 3.05) is 5.32 Å². The van der Waals surface area contributed by atoms with Gasteiger partial charge in [-0.1, -0.05) is 26.0 Å². The van der Waals surface area contributed by atoms with E-state index in [0.717, 1.165) is 0 Å². The molecule has 0 saturated carbocycles. The normalized spacial score (nSPS) is 10.8. The molecule has 5 nitrogen and oxygen atoms in total. The Morgan fingerprint density at radius 1 is 1.20 bits per heavy atom. The van der Waals surface area contributed by atoms with Crippen molar-refractivity contribution in [3.63, 3.8) is 0 Å². The Labute approximate surface area is 115 Å². The molecule has 3 N–H and O–H groups in total. The maximum absolute atomic E-state index is 11.8. The van der Waals surface area contributed by atoms with Crippen molar-refractivity contribution in [2.24, 2.45) is 5.92 Å². The number of benzene rings is 2. The van der Waals surface area contributed by atoms with Gasteiger partial charge in [0.05, 0.1) is 11.3 Å². The maximum Gasteiger partial charge on any atom is 0.335 e. The first-order valence-electron chi connectivity index (χ1n) is 6.20. The number of carbonyl (C=O) groups is 2. The molecule has 20 heavy (non-hydrogen) atoms. The molecule has 1 amide bonds. The van der Waals surface area contributed by atoms with Gasteiger partial charge in [0.25, 0.3) is 0 Å². The van der Waals surface area contributed by atoms with E-state index >= 15 is 0 Å². The number of hydrogen-bond donors (Lipinski definition) is 3. The van der Waals surface area contributed by atoms with E-state index < -0.39 is 5.97 Å². The van der Waals surface area contributed by atoms with Gasteiger partial charge in [-0.15, -0.1) is 0 Å². The summed E-state index contributed by atoms with van der Waals surface area (Å²) >= 11 is 0. The Morgan fingerprint density at radius 2 is 1.90 bits per heavy atom. The second-order valence-electron chi connectivity index (χ2n) is 4.85. The van der Waals surface area contributed by atoms with Crippen LogP contribution in [-0.4, -0.2) is 22.1 Å². The highest BCUT2D eigenvalue weighted by atomic mass is 16.4. The van der Waals surface area contributed by atoms with Gasteiger partial charge in [-0.3, -0.25) is 4.79 Å². The number of carboxylic acid groups (broad SMARTS) is 1. The minimum Gasteiger partial charge on any atom is -0.507 e. The summed E-state index contributed by atoms with van der Waals surface area (Å²) in [6.45, 7) is 3.53. The molecule has 0 fully saturated rings. The van der Waals surface area contributed by atoms with E-state index in [0.29, 0.717) is 16.5 Å². The number of phenols is 1. The second-order valence-corrected chi connectivity index (χ2v) is 4.85. The third kappa shape index (κ3) is 2.56. The topological polar surface area (TPSA) is 86.6 Å². The highest BCUT2D eigenvalue weighted by molar-refractivity contribution is 6.07. The Morgan fingerprint density at radius 3 is 2.50 bits per heavy atom. The lowest BCUT2D eigenvalue weighted by atomic mass is 10.0. The van der Waals surface area contributed by atoms with Crippen LogP contribution in [0.15, 0.2) is 30.3 Å². The SMILES string of the molecule is CC(C)C(=O)Nc1cccc2cc(C(=O)O)cc(O)c12. The van der Waals surface area contributed by atoms with Gasteiger partial charge in [-0.05, 0) is 23.6 Å². The molecular formula is C15H15NO4. The summed E-state index contributed by atoms with van der Waals surface area (Å²) in [6.07, 6.45) is 0. The van der Waals surface area contributed by atoms with Gasteiger partial charge in [-0.25, -0.2) is 4.79 Å². The summed E-state index contributed by atoms with van der Waals surface area (Å²) in [6, 6.07) is 7.69. The summed E-state index contributed by atoms with van der Waals surface area (Å²) in [4.78, 5) is 22.7. The molecule has 2 aromatic rings. The van der Waals surface area contributed by atoms with Crippen molar-refractivity contribution in [1.82, 2.24) is 0 Å². The molecule has 104 valence electrons. The highest BCUT2D eigenvalue weighted by Crippen LogP contribution is 2.33. The van der Waals surface area contributed by atoms with Crippen molar-refractivity contribution < 1.29 is 19.8 Å². The number of hydrogen-bond acceptors (Lipinski definition) is 3. The molecular weight excluding hydrogens is 258 g/mol. The van der Waals surface area contributed by atoms with Crippen molar-refractivity contribution >= 4 is 28.3 Å². The van der Waals surface area contributed by atoms with Crippen LogP contribution in [0.4, 0.5) is 5.69 Å². The number of aromatic carboxylic acids is 1. The summed E-state index contributed by atoms with van der Waals surface area (Å²) in [5, 5.41) is 22.7. The first-order valence-corrected chi connectivity index (χ1v) is 6.20. The van der Waals surface area contributed by atoms with Gasteiger partial charge in [0, 0.05) is 11.3 Å². The first-order chi connectivity index (χ1) is 9.40. The number of anilines is 1. The van der Waals surface area contributed by atoms with E-state index in [9.17, 15) is 14.7 Å². The van der Waals surface area contributed by atoms with Crippen molar-refractivity contribution in [2.45, 2.75) is 13.8 Å². The monoisotopic (exact) mass is 273 g/mol. The molecule has 0 aliphatic heterocycles. The van der Waals surface area contributed by atoms with Crippen molar-refractivity contribution in [1.29, 1.82) is 0 Å². The minimum atomic E-state index is -1.11. The number of rotatable bonds is 3. The van der Waals surface area contributed by atoms with E-state index in [1.54, 1.807) is 32.0 Å². The summed E-state index contributed by atoms with van der Waals surface area (Å²) in [7, 11) is 0. The van der Waals surface area contributed by atoms with Gasteiger partial charge in [0.1, 0.15) is 5.75 Å². The predicted octanol–water partition coefficient (Wildman–Crippen LogP) is 2.84. The summed E-state index contributed by atoms with van der Waals surface area (Å²) in [5.41, 5.74) is 0.470. The third-order valence-electron chi connectivity index (χ3n) is 2.99. The van der Waals surface area contributed by atoms with E-state index in [-0.39, 0.29) is 23.1 Å². The van der Waals surface area contributed by atoms with Crippen LogP contribution in [0.1, 0.15) is 24.2 Å². The fraction of sp³-hybridized carbons (Fsp3) is 0.200. The fourth-order valence-electron chi connectivity index (χ4n) is 1.91. The molecule has 0 spiro atoms. The fourth-order valence-corrected chi connectivity index (χ4v) is 1.91. The lowest BCUT2D eigenvalue weighted by Gasteiger charge is -2.12. The zero-order chi connectivity index (χ0) is 14.9. The number of phenolic OH excluding ortho intramolecular Hbond substituents is 1.